The largest absolute Gasteiger partial charge is 0.385 e. The van der Waals surface area contributed by atoms with E-state index in [1.165, 1.54) is 6.33 Å². The number of aryl methyl sites for hydroxylation is 1. The minimum Gasteiger partial charge on any atom is -0.385 e. The quantitative estimate of drug-likeness (QED) is 0.924. The Bertz CT molecular complexity index is 495. The number of aliphatic hydroxyl groups is 1. The average molecular weight is 310 g/mol. The molecular formula is C13H16BrN3O. The van der Waals surface area contributed by atoms with E-state index in [1.807, 2.05) is 24.3 Å². The molecule has 4 nitrogen and oxygen atoms in total. The topological polar surface area (TPSA) is 50.9 Å². The first-order valence-electron chi connectivity index (χ1n) is 6.01. The molecule has 0 saturated heterocycles. The van der Waals surface area contributed by atoms with Crippen LogP contribution in [0.5, 0.6) is 0 Å². The number of benzene rings is 1. The first kappa shape index (κ1) is 13.2. The molecular weight excluding hydrogens is 294 g/mol. The zero-order valence-electron chi connectivity index (χ0n) is 10.3. The minimum absolute atomic E-state index is 0.551. The zero-order chi connectivity index (χ0) is 13.0. The molecule has 96 valence electrons. The van der Waals surface area contributed by atoms with Crippen LogP contribution >= 0.6 is 15.9 Å². The molecule has 1 unspecified atom stereocenters. The van der Waals surface area contributed by atoms with Crippen molar-refractivity contribution >= 4 is 15.9 Å². The van der Waals surface area contributed by atoms with Gasteiger partial charge in [0.05, 0.1) is 0 Å². The molecule has 18 heavy (non-hydrogen) atoms. The van der Waals surface area contributed by atoms with Gasteiger partial charge in [0.1, 0.15) is 12.4 Å². The van der Waals surface area contributed by atoms with Crippen LogP contribution in [0.4, 0.5) is 0 Å². The second-order valence-corrected chi connectivity index (χ2v) is 5.10. The van der Waals surface area contributed by atoms with Crippen LogP contribution < -0.4 is 0 Å². The average Bonchev–Trinajstić information content (AvgIpc) is 2.81. The van der Waals surface area contributed by atoms with E-state index in [0.717, 1.165) is 23.0 Å². The number of aromatic nitrogens is 3. The molecule has 0 aliphatic rings. The number of aliphatic hydroxyl groups excluding tert-OH is 1. The van der Waals surface area contributed by atoms with Crippen LogP contribution in [0.2, 0.25) is 0 Å². The zero-order valence-corrected chi connectivity index (χ0v) is 11.8. The third-order valence-corrected chi connectivity index (χ3v) is 3.25. The van der Waals surface area contributed by atoms with Gasteiger partial charge in [-0.3, -0.25) is 0 Å². The molecule has 0 aliphatic heterocycles. The smallest absolute Gasteiger partial charge is 0.156 e. The lowest BCUT2D eigenvalue weighted by molar-refractivity contribution is 0.161. The molecule has 2 rings (SSSR count). The molecule has 5 heteroatoms. The molecule has 0 aliphatic carbocycles. The van der Waals surface area contributed by atoms with Gasteiger partial charge in [0.2, 0.25) is 0 Å². The van der Waals surface area contributed by atoms with E-state index in [4.69, 9.17) is 0 Å². The summed E-state index contributed by atoms with van der Waals surface area (Å²) in [6.45, 7) is 2.86. The fourth-order valence-electron chi connectivity index (χ4n) is 1.85. The summed E-state index contributed by atoms with van der Waals surface area (Å²) in [6.07, 6.45) is 2.41. The number of hydrogen-bond acceptors (Lipinski definition) is 3. The van der Waals surface area contributed by atoms with Crippen molar-refractivity contribution in [2.75, 3.05) is 0 Å². The third kappa shape index (κ3) is 3.17. The van der Waals surface area contributed by atoms with E-state index in [9.17, 15) is 5.11 Å². The summed E-state index contributed by atoms with van der Waals surface area (Å²) in [6, 6.07) is 7.93. The van der Waals surface area contributed by atoms with Crippen molar-refractivity contribution in [3.05, 3.63) is 46.5 Å². The number of hydrogen-bond donors (Lipinski definition) is 1. The standard InChI is InChI=1S/C13H16BrN3O/c1-2-7-17-13(15-9-16-17)12(18)8-10-3-5-11(14)6-4-10/h3-6,9,12,18H,2,7-8H2,1H3. The maximum Gasteiger partial charge on any atom is 0.156 e. The van der Waals surface area contributed by atoms with Gasteiger partial charge in [0.15, 0.2) is 5.82 Å². The summed E-state index contributed by atoms with van der Waals surface area (Å²) < 4.78 is 2.80. The molecule has 1 heterocycles. The Morgan fingerprint density at radius 3 is 2.72 bits per heavy atom. The highest BCUT2D eigenvalue weighted by Gasteiger charge is 2.15. The van der Waals surface area contributed by atoms with Crippen LogP contribution in [-0.4, -0.2) is 19.9 Å². The van der Waals surface area contributed by atoms with E-state index in [0.29, 0.717) is 12.2 Å². The highest BCUT2D eigenvalue weighted by Crippen LogP contribution is 2.18. The first-order chi connectivity index (χ1) is 8.70. The Morgan fingerprint density at radius 2 is 2.06 bits per heavy atom. The van der Waals surface area contributed by atoms with Crippen molar-refractivity contribution in [3.63, 3.8) is 0 Å². The van der Waals surface area contributed by atoms with Crippen molar-refractivity contribution in [3.8, 4) is 0 Å². The number of nitrogens with zero attached hydrogens (tertiary/aromatic N) is 3. The lowest BCUT2D eigenvalue weighted by Gasteiger charge is -2.11. The first-order valence-corrected chi connectivity index (χ1v) is 6.80. The molecule has 2 aromatic rings. The van der Waals surface area contributed by atoms with Crippen molar-refractivity contribution in [1.29, 1.82) is 0 Å². The van der Waals surface area contributed by atoms with Gasteiger partial charge < -0.3 is 5.11 Å². The molecule has 0 radical (unpaired) electrons. The Morgan fingerprint density at radius 1 is 1.33 bits per heavy atom. The van der Waals surface area contributed by atoms with Gasteiger partial charge in [-0.1, -0.05) is 35.0 Å². The van der Waals surface area contributed by atoms with Crippen LogP contribution in [0.3, 0.4) is 0 Å². The van der Waals surface area contributed by atoms with Gasteiger partial charge in [0.25, 0.3) is 0 Å². The van der Waals surface area contributed by atoms with Crippen molar-refractivity contribution in [2.24, 2.45) is 0 Å². The molecule has 0 fully saturated rings. The van der Waals surface area contributed by atoms with E-state index in [2.05, 4.69) is 32.9 Å². The van der Waals surface area contributed by atoms with Gasteiger partial charge in [0, 0.05) is 17.4 Å². The second kappa shape index (κ2) is 6.11. The molecule has 1 atom stereocenters. The molecule has 1 aromatic carbocycles. The number of rotatable bonds is 5. The van der Waals surface area contributed by atoms with Crippen LogP contribution in [0.25, 0.3) is 0 Å². The summed E-state index contributed by atoms with van der Waals surface area (Å²) in [5, 5.41) is 14.3. The lowest BCUT2D eigenvalue weighted by atomic mass is 10.1. The monoisotopic (exact) mass is 309 g/mol. The van der Waals surface area contributed by atoms with Crippen LogP contribution in [-0.2, 0) is 13.0 Å². The highest BCUT2D eigenvalue weighted by molar-refractivity contribution is 9.10. The summed E-state index contributed by atoms with van der Waals surface area (Å²) in [5.74, 6) is 0.639. The Balaban J connectivity index is 2.09. The summed E-state index contributed by atoms with van der Waals surface area (Å²) in [5.41, 5.74) is 1.08. The van der Waals surface area contributed by atoms with Crippen LogP contribution in [0.1, 0.15) is 30.8 Å². The molecule has 0 bridgehead atoms. The van der Waals surface area contributed by atoms with Crippen molar-refractivity contribution < 1.29 is 5.11 Å². The summed E-state index contributed by atoms with van der Waals surface area (Å²) in [4.78, 5) is 4.14. The van der Waals surface area contributed by atoms with Crippen molar-refractivity contribution in [2.45, 2.75) is 32.4 Å². The van der Waals surface area contributed by atoms with Gasteiger partial charge in [-0.25, -0.2) is 9.67 Å². The summed E-state index contributed by atoms with van der Waals surface area (Å²) >= 11 is 3.39. The molecule has 1 N–H and O–H groups in total. The molecule has 0 saturated carbocycles. The molecule has 0 amide bonds. The van der Waals surface area contributed by atoms with Gasteiger partial charge in [-0.15, -0.1) is 0 Å². The van der Waals surface area contributed by atoms with E-state index in [-0.39, 0.29) is 0 Å². The normalized spacial score (nSPS) is 12.6. The Kier molecular flexibility index (Phi) is 4.49. The van der Waals surface area contributed by atoms with E-state index in [1.54, 1.807) is 4.68 Å². The second-order valence-electron chi connectivity index (χ2n) is 4.19. The van der Waals surface area contributed by atoms with Crippen molar-refractivity contribution in [1.82, 2.24) is 14.8 Å². The predicted molar refractivity (Wildman–Crippen MR) is 73.1 cm³/mol. The van der Waals surface area contributed by atoms with Crippen LogP contribution in [0.15, 0.2) is 35.1 Å². The predicted octanol–water partition coefficient (Wildman–Crippen LogP) is 2.73. The molecule has 1 aromatic heterocycles. The van der Waals surface area contributed by atoms with Gasteiger partial charge >= 0.3 is 0 Å². The molecule has 0 spiro atoms. The highest BCUT2D eigenvalue weighted by atomic mass is 79.9. The minimum atomic E-state index is -0.611. The number of halogens is 1. The fourth-order valence-corrected chi connectivity index (χ4v) is 2.11. The Hall–Kier alpha value is -1.20. The van der Waals surface area contributed by atoms with Gasteiger partial charge in [-0.2, -0.15) is 5.10 Å². The fraction of sp³-hybridized carbons (Fsp3) is 0.385. The summed E-state index contributed by atoms with van der Waals surface area (Å²) in [7, 11) is 0. The van der Waals surface area contributed by atoms with Gasteiger partial charge in [-0.05, 0) is 24.1 Å². The van der Waals surface area contributed by atoms with E-state index < -0.39 is 6.10 Å². The maximum absolute atomic E-state index is 10.2. The SMILES string of the molecule is CCCn1ncnc1C(O)Cc1ccc(Br)cc1. The van der Waals surface area contributed by atoms with E-state index >= 15 is 0 Å². The lowest BCUT2D eigenvalue weighted by Crippen LogP contribution is -2.12. The Labute approximate surface area is 115 Å². The van der Waals surface area contributed by atoms with Crippen LogP contribution in [0, 0.1) is 0 Å². The third-order valence-electron chi connectivity index (χ3n) is 2.72. The maximum atomic E-state index is 10.2.